The number of nitrogens with zero attached hydrogens (tertiary/aromatic N) is 2. The maximum absolute atomic E-state index is 6.01. The van der Waals surface area contributed by atoms with Gasteiger partial charge in [-0.1, -0.05) is 30.3 Å². The molecule has 21 heavy (non-hydrogen) atoms. The maximum atomic E-state index is 6.01. The lowest BCUT2D eigenvalue weighted by atomic mass is 10.1. The Hall–Kier alpha value is -2.75. The molecular weight excluding hydrogens is 260 g/mol. The molecule has 0 saturated carbocycles. The average Bonchev–Trinajstić information content (AvgIpc) is 2.91. The molecule has 3 rings (SSSR count). The lowest BCUT2D eigenvalue weighted by Gasteiger charge is -2.10. The SMILES string of the molecule is Nc1ccc(Cc2nccn2Cc2ccccc2N)cc1. The van der Waals surface area contributed by atoms with Gasteiger partial charge in [-0.3, -0.25) is 0 Å². The third-order valence-corrected chi connectivity index (χ3v) is 3.54. The first-order chi connectivity index (χ1) is 10.2. The lowest BCUT2D eigenvalue weighted by molar-refractivity contribution is 0.742. The summed E-state index contributed by atoms with van der Waals surface area (Å²) in [5.74, 6) is 1.02. The Morgan fingerprint density at radius 3 is 2.48 bits per heavy atom. The summed E-state index contributed by atoms with van der Waals surface area (Å²) >= 11 is 0. The Morgan fingerprint density at radius 2 is 1.71 bits per heavy atom. The Labute approximate surface area is 124 Å². The summed E-state index contributed by atoms with van der Waals surface area (Å²) in [6.07, 6.45) is 4.59. The summed E-state index contributed by atoms with van der Waals surface area (Å²) in [5.41, 5.74) is 15.6. The van der Waals surface area contributed by atoms with Crippen LogP contribution in [0.15, 0.2) is 60.9 Å². The molecule has 4 N–H and O–H groups in total. The highest BCUT2D eigenvalue weighted by atomic mass is 15.1. The van der Waals surface area contributed by atoms with Crippen LogP contribution in [0.1, 0.15) is 17.0 Å². The number of rotatable bonds is 4. The zero-order chi connectivity index (χ0) is 14.7. The molecule has 0 spiro atoms. The smallest absolute Gasteiger partial charge is 0.113 e. The van der Waals surface area contributed by atoms with E-state index in [0.717, 1.165) is 35.7 Å². The van der Waals surface area contributed by atoms with Gasteiger partial charge in [0.05, 0.1) is 6.54 Å². The van der Waals surface area contributed by atoms with E-state index in [2.05, 4.69) is 9.55 Å². The van der Waals surface area contributed by atoms with Gasteiger partial charge < -0.3 is 16.0 Å². The van der Waals surface area contributed by atoms with E-state index in [1.807, 2.05) is 60.9 Å². The Morgan fingerprint density at radius 1 is 0.952 bits per heavy atom. The van der Waals surface area contributed by atoms with Crippen LogP contribution in [0.5, 0.6) is 0 Å². The van der Waals surface area contributed by atoms with Crippen molar-refractivity contribution in [1.29, 1.82) is 0 Å². The molecule has 0 saturated heterocycles. The second-order valence-electron chi connectivity index (χ2n) is 5.09. The van der Waals surface area contributed by atoms with Crippen LogP contribution in [0, 0.1) is 0 Å². The zero-order valence-corrected chi connectivity index (χ0v) is 11.7. The second-order valence-corrected chi connectivity index (χ2v) is 5.09. The largest absolute Gasteiger partial charge is 0.399 e. The van der Waals surface area contributed by atoms with Gasteiger partial charge in [0.2, 0.25) is 0 Å². The molecule has 0 radical (unpaired) electrons. The number of hydrogen-bond acceptors (Lipinski definition) is 3. The summed E-state index contributed by atoms with van der Waals surface area (Å²) in [6, 6.07) is 15.8. The van der Waals surface area contributed by atoms with Crippen LogP contribution in [-0.4, -0.2) is 9.55 Å². The Kier molecular flexibility index (Phi) is 3.60. The molecule has 0 amide bonds. The van der Waals surface area contributed by atoms with Crippen molar-refractivity contribution in [2.75, 3.05) is 11.5 Å². The van der Waals surface area contributed by atoms with Crippen molar-refractivity contribution < 1.29 is 0 Å². The maximum Gasteiger partial charge on any atom is 0.113 e. The quantitative estimate of drug-likeness (QED) is 0.721. The lowest BCUT2D eigenvalue weighted by Crippen LogP contribution is -2.07. The van der Waals surface area contributed by atoms with E-state index in [1.54, 1.807) is 0 Å². The van der Waals surface area contributed by atoms with Gasteiger partial charge in [0.1, 0.15) is 5.82 Å². The summed E-state index contributed by atoms with van der Waals surface area (Å²) in [5, 5.41) is 0. The molecule has 1 aromatic heterocycles. The summed E-state index contributed by atoms with van der Waals surface area (Å²) in [7, 11) is 0. The van der Waals surface area contributed by atoms with E-state index in [9.17, 15) is 0 Å². The van der Waals surface area contributed by atoms with Gasteiger partial charge >= 0.3 is 0 Å². The molecular formula is C17H18N4. The fourth-order valence-corrected chi connectivity index (χ4v) is 2.33. The predicted molar refractivity (Wildman–Crippen MR) is 85.8 cm³/mol. The van der Waals surface area contributed by atoms with Gasteiger partial charge in [0, 0.05) is 30.2 Å². The van der Waals surface area contributed by atoms with Crippen LogP contribution in [0.4, 0.5) is 11.4 Å². The number of nitrogens with two attached hydrogens (primary N) is 2. The van der Waals surface area contributed by atoms with Crippen molar-refractivity contribution in [3.05, 3.63) is 77.9 Å². The van der Waals surface area contributed by atoms with Crippen molar-refractivity contribution in [2.24, 2.45) is 0 Å². The second kappa shape index (κ2) is 5.71. The van der Waals surface area contributed by atoms with Gasteiger partial charge in [0.15, 0.2) is 0 Å². The molecule has 4 nitrogen and oxygen atoms in total. The van der Waals surface area contributed by atoms with E-state index >= 15 is 0 Å². The predicted octanol–water partition coefficient (Wildman–Crippen LogP) is 2.69. The first-order valence-electron chi connectivity index (χ1n) is 6.90. The van der Waals surface area contributed by atoms with Gasteiger partial charge in [-0.15, -0.1) is 0 Å². The first-order valence-corrected chi connectivity index (χ1v) is 6.90. The Bertz CT molecular complexity index is 729. The Balaban J connectivity index is 1.81. The minimum Gasteiger partial charge on any atom is -0.399 e. The van der Waals surface area contributed by atoms with Gasteiger partial charge in [-0.05, 0) is 29.3 Å². The van der Waals surface area contributed by atoms with E-state index in [0.29, 0.717) is 0 Å². The highest BCUT2D eigenvalue weighted by molar-refractivity contribution is 5.46. The van der Waals surface area contributed by atoms with Gasteiger partial charge in [0.25, 0.3) is 0 Å². The zero-order valence-electron chi connectivity index (χ0n) is 11.7. The van der Waals surface area contributed by atoms with Crippen LogP contribution < -0.4 is 11.5 Å². The number of nitrogen functional groups attached to an aromatic ring is 2. The highest BCUT2D eigenvalue weighted by Gasteiger charge is 2.06. The average molecular weight is 278 g/mol. The minimum atomic E-state index is 0.733. The fourth-order valence-electron chi connectivity index (χ4n) is 2.33. The molecule has 0 aliphatic carbocycles. The van der Waals surface area contributed by atoms with Crippen molar-refractivity contribution in [3.63, 3.8) is 0 Å². The van der Waals surface area contributed by atoms with E-state index in [4.69, 9.17) is 11.5 Å². The third kappa shape index (κ3) is 3.05. The molecule has 0 aliphatic heterocycles. The summed E-state index contributed by atoms with van der Waals surface area (Å²) < 4.78 is 2.13. The molecule has 0 fully saturated rings. The van der Waals surface area contributed by atoms with Crippen LogP contribution >= 0.6 is 0 Å². The van der Waals surface area contributed by atoms with Crippen LogP contribution in [-0.2, 0) is 13.0 Å². The number of anilines is 2. The van der Waals surface area contributed by atoms with Crippen molar-refractivity contribution in [2.45, 2.75) is 13.0 Å². The molecule has 0 aliphatic rings. The standard InChI is InChI=1S/C17H18N4/c18-15-7-5-13(6-8-15)11-17-20-9-10-21(17)12-14-3-1-2-4-16(14)19/h1-10H,11-12,18-19H2. The molecule has 0 unspecified atom stereocenters. The van der Waals surface area contributed by atoms with E-state index in [1.165, 1.54) is 5.56 Å². The van der Waals surface area contributed by atoms with Crippen LogP contribution in [0.3, 0.4) is 0 Å². The molecule has 0 atom stereocenters. The van der Waals surface area contributed by atoms with Crippen molar-refractivity contribution in [3.8, 4) is 0 Å². The molecule has 106 valence electrons. The third-order valence-electron chi connectivity index (χ3n) is 3.54. The number of aromatic nitrogens is 2. The van der Waals surface area contributed by atoms with Crippen LogP contribution in [0.2, 0.25) is 0 Å². The van der Waals surface area contributed by atoms with Crippen LogP contribution in [0.25, 0.3) is 0 Å². The van der Waals surface area contributed by atoms with E-state index < -0.39 is 0 Å². The molecule has 1 heterocycles. The molecule has 2 aromatic carbocycles. The van der Waals surface area contributed by atoms with Crippen molar-refractivity contribution in [1.82, 2.24) is 9.55 Å². The fraction of sp³-hybridized carbons (Fsp3) is 0.118. The van der Waals surface area contributed by atoms with E-state index in [-0.39, 0.29) is 0 Å². The van der Waals surface area contributed by atoms with Gasteiger partial charge in [-0.2, -0.15) is 0 Å². The van der Waals surface area contributed by atoms with Gasteiger partial charge in [-0.25, -0.2) is 4.98 Å². The number of benzene rings is 2. The summed E-state index contributed by atoms with van der Waals surface area (Å²) in [4.78, 5) is 4.45. The highest BCUT2D eigenvalue weighted by Crippen LogP contribution is 2.15. The number of imidazole rings is 1. The molecule has 0 bridgehead atoms. The molecule has 4 heteroatoms. The van der Waals surface area contributed by atoms with Crippen molar-refractivity contribution >= 4 is 11.4 Å². The minimum absolute atomic E-state index is 0.733. The number of hydrogen-bond donors (Lipinski definition) is 2. The number of para-hydroxylation sites is 1. The normalized spacial score (nSPS) is 10.7. The topological polar surface area (TPSA) is 69.9 Å². The monoisotopic (exact) mass is 278 g/mol. The summed E-state index contributed by atoms with van der Waals surface area (Å²) in [6.45, 7) is 0.733. The molecule has 3 aromatic rings. The first kappa shape index (κ1) is 13.2.